The van der Waals surface area contributed by atoms with Gasteiger partial charge in [-0.3, -0.25) is 14.5 Å². The number of hydrogen-bond acceptors (Lipinski definition) is 4. The van der Waals surface area contributed by atoms with Gasteiger partial charge in [0.15, 0.2) is 0 Å². The van der Waals surface area contributed by atoms with Gasteiger partial charge in [-0.2, -0.15) is 0 Å². The Morgan fingerprint density at radius 2 is 1.75 bits per heavy atom. The topological polar surface area (TPSA) is 49.9 Å². The van der Waals surface area contributed by atoms with Crippen LogP contribution < -0.4 is 0 Å². The molecule has 1 fully saturated rings. The molecule has 0 aromatic carbocycles. The molecule has 0 atom stereocenters. The second kappa shape index (κ2) is 7.30. The van der Waals surface area contributed by atoms with Crippen LogP contribution in [0, 0.1) is 12.3 Å². The van der Waals surface area contributed by atoms with E-state index in [1.807, 2.05) is 20.8 Å². The lowest BCUT2D eigenvalue weighted by Gasteiger charge is -2.33. The molecule has 1 aliphatic heterocycles. The summed E-state index contributed by atoms with van der Waals surface area (Å²) in [5.74, 6) is 2.29. The largest absolute Gasteiger partial charge is 0.460 e. The molecule has 0 radical (unpaired) electrons. The van der Waals surface area contributed by atoms with Gasteiger partial charge in [0.05, 0.1) is 13.0 Å². The van der Waals surface area contributed by atoms with Gasteiger partial charge in [0.2, 0.25) is 5.91 Å². The molecular weight excluding hydrogens is 256 g/mol. The lowest BCUT2D eigenvalue weighted by Crippen LogP contribution is -2.48. The summed E-state index contributed by atoms with van der Waals surface area (Å²) in [4.78, 5) is 27.5. The van der Waals surface area contributed by atoms with Crippen molar-refractivity contribution in [2.75, 3.05) is 32.7 Å². The highest BCUT2D eigenvalue weighted by Crippen LogP contribution is 2.10. The molecule has 112 valence electrons. The van der Waals surface area contributed by atoms with Crippen molar-refractivity contribution in [2.24, 2.45) is 0 Å². The zero-order valence-electron chi connectivity index (χ0n) is 12.6. The van der Waals surface area contributed by atoms with E-state index in [0.717, 1.165) is 13.1 Å². The van der Waals surface area contributed by atoms with Gasteiger partial charge in [0.1, 0.15) is 5.60 Å². The van der Waals surface area contributed by atoms with Crippen LogP contribution in [0.4, 0.5) is 0 Å². The Bertz CT molecular complexity index is 385. The van der Waals surface area contributed by atoms with Crippen molar-refractivity contribution < 1.29 is 14.3 Å². The lowest BCUT2D eigenvalue weighted by molar-refractivity contribution is -0.156. The molecule has 0 aliphatic carbocycles. The third-order valence-electron chi connectivity index (χ3n) is 3.00. The highest BCUT2D eigenvalue weighted by Gasteiger charge is 2.22. The molecule has 1 heterocycles. The summed E-state index contributed by atoms with van der Waals surface area (Å²) < 4.78 is 5.18. The number of amides is 1. The molecule has 0 saturated carbocycles. The van der Waals surface area contributed by atoms with Crippen LogP contribution in [-0.2, 0) is 14.3 Å². The normalized spacial score (nSPS) is 16.6. The SMILES string of the molecule is C#CCN1CCN(C(=O)CCC(=O)OC(C)(C)C)CC1. The molecule has 1 rings (SSSR count). The van der Waals surface area contributed by atoms with Crippen LogP contribution in [0.2, 0.25) is 0 Å². The van der Waals surface area contributed by atoms with Crippen LogP contribution >= 0.6 is 0 Å². The zero-order valence-corrected chi connectivity index (χ0v) is 12.6. The molecule has 0 unspecified atom stereocenters. The summed E-state index contributed by atoms with van der Waals surface area (Å²) in [5, 5.41) is 0. The maximum atomic E-state index is 12.0. The average Bonchev–Trinajstić information content (AvgIpc) is 2.35. The van der Waals surface area contributed by atoms with E-state index in [2.05, 4.69) is 10.8 Å². The minimum absolute atomic E-state index is 0.0104. The number of carbonyl (C=O) groups is 2. The van der Waals surface area contributed by atoms with Gasteiger partial charge < -0.3 is 9.64 Å². The van der Waals surface area contributed by atoms with Crippen molar-refractivity contribution in [1.29, 1.82) is 0 Å². The smallest absolute Gasteiger partial charge is 0.306 e. The van der Waals surface area contributed by atoms with E-state index in [9.17, 15) is 9.59 Å². The summed E-state index contributed by atoms with van der Waals surface area (Å²) >= 11 is 0. The third kappa shape index (κ3) is 6.07. The number of ether oxygens (including phenoxy) is 1. The molecule has 0 spiro atoms. The third-order valence-corrected chi connectivity index (χ3v) is 3.00. The average molecular weight is 280 g/mol. The van der Waals surface area contributed by atoms with Crippen LogP contribution in [0.3, 0.4) is 0 Å². The molecule has 0 N–H and O–H groups in total. The van der Waals surface area contributed by atoms with Gasteiger partial charge in [-0.15, -0.1) is 6.42 Å². The van der Waals surface area contributed by atoms with Gasteiger partial charge in [-0.05, 0) is 20.8 Å². The molecular formula is C15H24N2O3. The van der Waals surface area contributed by atoms with Crippen molar-refractivity contribution in [3.05, 3.63) is 0 Å². The van der Waals surface area contributed by atoms with E-state index in [-0.39, 0.29) is 24.7 Å². The van der Waals surface area contributed by atoms with Crippen molar-refractivity contribution in [2.45, 2.75) is 39.2 Å². The van der Waals surface area contributed by atoms with E-state index in [1.165, 1.54) is 0 Å². The molecule has 1 saturated heterocycles. The highest BCUT2D eigenvalue weighted by atomic mass is 16.6. The number of rotatable bonds is 4. The van der Waals surface area contributed by atoms with Crippen LogP contribution in [0.5, 0.6) is 0 Å². The molecule has 1 amide bonds. The number of nitrogens with zero attached hydrogens (tertiary/aromatic N) is 2. The number of piperazine rings is 1. The molecule has 5 heteroatoms. The van der Waals surface area contributed by atoms with Crippen molar-refractivity contribution in [3.63, 3.8) is 0 Å². The van der Waals surface area contributed by atoms with Gasteiger partial charge in [0.25, 0.3) is 0 Å². The molecule has 20 heavy (non-hydrogen) atoms. The van der Waals surface area contributed by atoms with Crippen LogP contribution in [0.1, 0.15) is 33.6 Å². The first-order chi connectivity index (χ1) is 9.31. The van der Waals surface area contributed by atoms with Crippen LogP contribution in [0.15, 0.2) is 0 Å². The summed E-state index contributed by atoms with van der Waals surface area (Å²) in [7, 11) is 0. The molecule has 5 nitrogen and oxygen atoms in total. The second-order valence-corrected chi connectivity index (χ2v) is 5.95. The predicted molar refractivity (Wildman–Crippen MR) is 76.9 cm³/mol. The Balaban J connectivity index is 2.27. The summed E-state index contributed by atoms with van der Waals surface area (Å²) in [6.45, 7) is 9.01. The zero-order chi connectivity index (χ0) is 15.2. The standard InChI is InChI=1S/C15H24N2O3/c1-5-8-16-9-11-17(12-10-16)13(18)6-7-14(19)20-15(2,3)4/h1H,6-12H2,2-4H3. The number of hydrogen-bond donors (Lipinski definition) is 0. The summed E-state index contributed by atoms with van der Waals surface area (Å²) in [6.07, 6.45) is 5.61. The monoisotopic (exact) mass is 280 g/mol. The van der Waals surface area contributed by atoms with E-state index >= 15 is 0 Å². The summed E-state index contributed by atoms with van der Waals surface area (Å²) in [6, 6.07) is 0. The first-order valence-electron chi connectivity index (χ1n) is 6.97. The number of terminal acetylenes is 1. The van der Waals surface area contributed by atoms with E-state index in [4.69, 9.17) is 11.2 Å². The van der Waals surface area contributed by atoms with E-state index < -0.39 is 5.60 Å². The minimum atomic E-state index is -0.499. The van der Waals surface area contributed by atoms with Crippen molar-refractivity contribution >= 4 is 11.9 Å². The first-order valence-corrected chi connectivity index (χ1v) is 6.97. The molecule has 0 aromatic rings. The number of carbonyl (C=O) groups excluding carboxylic acids is 2. The number of esters is 1. The quantitative estimate of drug-likeness (QED) is 0.567. The Morgan fingerprint density at radius 1 is 1.15 bits per heavy atom. The molecule has 0 bridgehead atoms. The van der Waals surface area contributed by atoms with E-state index in [0.29, 0.717) is 19.6 Å². The van der Waals surface area contributed by atoms with Gasteiger partial charge in [0, 0.05) is 32.6 Å². The van der Waals surface area contributed by atoms with E-state index in [1.54, 1.807) is 4.90 Å². The Morgan fingerprint density at radius 3 is 2.25 bits per heavy atom. The Kier molecular flexibility index (Phi) is 6.03. The Hall–Kier alpha value is -1.54. The molecule has 1 aliphatic rings. The maximum Gasteiger partial charge on any atom is 0.306 e. The minimum Gasteiger partial charge on any atom is -0.460 e. The lowest BCUT2D eigenvalue weighted by atomic mass is 10.2. The molecule has 0 aromatic heterocycles. The predicted octanol–water partition coefficient (Wildman–Crippen LogP) is 0.886. The fourth-order valence-electron chi connectivity index (χ4n) is 2.04. The van der Waals surface area contributed by atoms with Crippen molar-refractivity contribution in [1.82, 2.24) is 9.80 Å². The van der Waals surface area contributed by atoms with Crippen molar-refractivity contribution in [3.8, 4) is 12.3 Å². The maximum absolute atomic E-state index is 12.0. The van der Waals surface area contributed by atoms with Crippen LogP contribution in [-0.4, -0.2) is 60.0 Å². The summed E-state index contributed by atoms with van der Waals surface area (Å²) in [5.41, 5.74) is -0.499. The first kappa shape index (κ1) is 16.5. The van der Waals surface area contributed by atoms with Gasteiger partial charge in [-0.25, -0.2) is 0 Å². The fraction of sp³-hybridized carbons (Fsp3) is 0.733. The van der Waals surface area contributed by atoms with Gasteiger partial charge >= 0.3 is 5.97 Å². The second-order valence-electron chi connectivity index (χ2n) is 5.95. The van der Waals surface area contributed by atoms with Crippen LogP contribution in [0.25, 0.3) is 0 Å². The highest BCUT2D eigenvalue weighted by molar-refractivity contribution is 5.81. The van der Waals surface area contributed by atoms with Gasteiger partial charge in [-0.1, -0.05) is 5.92 Å². The Labute approximate surface area is 121 Å². The fourth-order valence-corrected chi connectivity index (χ4v) is 2.04.